The summed E-state index contributed by atoms with van der Waals surface area (Å²) >= 11 is 0. The fourth-order valence-corrected chi connectivity index (χ4v) is 0. The van der Waals surface area contributed by atoms with Gasteiger partial charge in [-0.3, -0.25) is 8.42 Å². The molecule has 0 aliphatic rings. The average molecular weight is 214 g/mol. The van der Waals surface area contributed by atoms with Gasteiger partial charge in [-0.05, 0) is 0 Å². The Kier molecular flexibility index (Phi) is 10.9. The predicted molar refractivity (Wildman–Crippen MR) is 20.8 cm³/mol. The quantitative estimate of drug-likeness (QED) is 0.155. The minimum Gasteiger partial charge on any atom is -0.759 e. The number of hydrogen-bond acceptors (Lipinski definition) is 7. The number of nitrogens with zero attached hydrogens (tertiary/aromatic N) is 1. The molecule has 0 unspecified atom stereocenters. The molecular weight excluding hydrogens is 214 g/mol. The van der Waals surface area contributed by atoms with Crippen LogP contribution in [-0.4, -0.2) is 22.6 Å². The molecule has 0 rings (SSSR count). The van der Waals surface area contributed by atoms with Crippen LogP contribution in [0.1, 0.15) is 0 Å². The first-order chi connectivity index (χ1) is 3.73. The Morgan fingerprint density at radius 3 is 1.10 bits per heavy atom. The van der Waals surface area contributed by atoms with Gasteiger partial charge in [0.1, 0.15) is 0 Å². The molecule has 0 N–H and O–H groups in total. The Bertz CT molecular complexity index is 156. The van der Waals surface area contributed by atoms with Crippen molar-refractivity contribution in [3.05, 3.63) is 15.3 Å². The van der Waals surface area contributed by atoms with Gasteiger partial charge in [-0.15, -0.1) is 0 Å². The zero-order chi connectivity index (χ0) is 8.08. The van der Waals surface area contributed by atoms with E-state index >= 15 is 0 Å². The normalized spacial score (nSPS) is 8.20. The second-order valence-electron chi connectivity index (χ2n) is 0.632. The van der Waals surface area contributed by atoms with Crippen molar-refractivity contribution < 1.29 is 39.7 Å². The van der Waals surface area contributed by atoms with Crippen LogP contribution < -0.4 is 0 Å². The summed E-state index contributed by atoms with van der Waals surface area (Å²) in [7, 11) is -5.17. The maximum Gasteiger partial charge on any atom is 3.00 e. The van der Waals surface area contributed by atoms with E-state index in [1.54, 1.807) is 0 Å². The van der Waals surface area contributed by atoms with E-state index in [9.17, 15) is 0 Å². The van der Waals surface area contributed by atoms with Crippen LogP contribution in [0.25, 0.3) is 0 Å². The monoisotopic (exact) mass is 214 g/mol. The Hall–Kier alpha value is -0.411. The molecule has 0 amide bonds. The molecule has 0 aromatic carbocycles. The Labute approximate surface area is 66.0 Å². The van der Waals surface area contributed by atoms with Crippen LogP contribution in [0.3, 0.4) is 0 Å². The van der Waals surface area contributed by atoms with Crippen LogP contribution in [0, 0.1) is 15.3 Å². The summed E-state index contributed by atoms with van der Waals surface area (Å²) in [5, 5.41) is 14.8. The standard InChI is InChI=1S/Fe.NO3.H2O4S/c;2-1(3)4;1-5(2,3)4/h;;(H2,1,2,3,4)/q+3;-1;/p-2. The second-order valence-corrected chi connectivity index (χ2v) is 1.45. The van der Waals surface area contributed by atoms with Gasteiger partial charge in [-0.2, -0.15) is 0 Å². The molecular formula is FeNO7S. The van der Waals surface area contributed by atoms with Gasteiger partial charge in [-0.1, -0.05) is 0 Å². The van der Waals surface area contributed by atoms with Crippen LogP contribution in [0.2, 0.25) is 0 Å². The van der Waals surface area contributed by atoms with Crippen LogP contribution in [0.4, 0.5) is 0 Å². The second kappa shape index (κ2) is 6.71. The summed E-state index contributed by atoms with van der Waals surface area (Å²) in [6.07, 6.45) is 0. The van der Waals surface area contributed by atoms with Crippen molar-refractivity contribution in [2.24, 2.45) is 0 Å². The first-order valence-corrected chi connectivity index (χ1v) is 2.55. The third-order valence-electron chi connectivity index (χ3n) is 0. The van der Waals surface area contributed by atoms with Crippen LogP contribution in [0.5, 0.6) is 0 Å². The molecule has 10 heavy (non-hydrogen) atoms. The largest absolute Gasteiger partial charge is 3.00 e. The van der Waals surface area contributed by atoms with E-state index < -0.39 is 15.5 Å². The Morgan fingerprint density at radius 2 is 1.10 bits per heavy atom. The van der Waals surface area contributed by atoms with Gasteiger partial charge in [-0.25, -0.2) is 0 Å². The molecule has 0 fully saturated rings. The number of rotatable bonds is 0. The molecule has 0 aromatic rings. The molecule has 0 aliphatic carbocycles. The predicted octanol–water partition coefficient (Wildman–Crippen LogP) is -1.58. The van der Waals surface area contributed by atoms with E-state index in [2.05, 4.69) is 0 Å². The summed E-state index contributed by atoms with van der Waals surface area (Å²) in [4.78, 5) is 8.25. The van der Waals surface area contributed by atoms with Crippen LogP contribution in [0.15, 0.2) is 0 Å². The SMILES string of the molecule is O=S(=O)([O-])[O-].O=[N+]([O-])[O-].[Fe+3]. The third-order valence-corrected chi connectivity index (χ3v) is 0. The molecule has 8 nitrogen and oxygen atoms in total. The van der Waals surface area contributed by atoms with Gasteiger partial charge in [0.05, 0.1) is 5.09 Å². The molecule has 0 bridgehead atoms. The summed E-state index contributed by atoms with van der Waals surface area (Å²) in [5.74, 6) is 0. The zero-order valence-corrected chi connectivity index (χ0v) is 5.99. The summed E-state index contributed by atoms with van der Waals surface area (Å²) in [5.41, 5.74) is 0. The van der Waals surface area contributed by atoms with Crippen molar-refractivity contribution >= 4 is 10.4 Å². The fourth-order valence-electron chi connectivity index (χ4n) is 0. The van der Waals surface area contributed by atoms with E-state index in [0.29, 0.717) is 0 Å². The van der Waals surface area contributed by atoms with E-state index in [1.165, 1.54) is 0 Å². The van der Waals surface area contributed by atoms with Crippen molar-refractivity contribution in [1.29, 1.82) is 0 Å². The van der Waals surface area contributed by atoms with Gasteiger partial charge < -0.3 is 24.4 Å². The van der Waals surface area contributed by atoms with Gasteiger partial charge in [0.2, 0.25) is 0 Å². The number of hydrogen-bond donors (Lipinski definition) is 0. The first kappa shape index (κ1) is 16.3. The summed E-state index contributed by atoms with van der Waals surface area (Å²) in [6.45, 7) is 0. The van der Waals surface area contributed by atoms with Crippen LogP contribution in [-0.2, 0) is 27.5 Å². The topological polar surface area (TPSA) is 146 Å². The molecule has 0 aliphatic heterocycles. The smallest absolute Gasteiger partial charge is 0.759 e. The molecule has 10 heteroatoms. The maximum atomic E-state index is 8.52. The van der Waals surface area contributed by atoms with E-state index in [1.807, 2.05) is 0 Å². The molecule has 0 aromatic heterocycles. The van der Waals surface area contributed by atoms with E-state index in [-0.39, 0.29) is 17.1 Å². The molecule has 0 heterocycles. The van der Waals surface area contributed by atoms with Crippen LogP contribution >= 0.6 is 0 Å². The van der Waals surface area contributed by atoms with Gasteiger partial charge in [0.15, 0.2) is 0 Å². The maximum absolute atomic E-state index is 8.52. The minimum absolute atomic E-state index is 0. The molecule has 0 spiro atoms. The van der Waals surface area contributed by atoms with Gasteiger partial charge in [0.25, 0.3) is 0 Å². The molecule has 61 valence electrons. The van der Waals surface area contributed by atoms with E-state index in [4.69, 9.17) is 32.8 Å². The average Bonchev–Trinajstić information content (AvgIpc) is 1.19. The Balaban J connectivity index is -0.0000000910. The molecule has 1 radical (unpaired) electrons. The fraction of sp³-hybridized carbons (Fsp3) is 0. The summed E-state index contributed by atoms with van der Waals surface area (Å²) in [6, 6.07) is 0. The van der Waals surface area contributed by atoms with Gasteiger partial charge in [0, 0.05) is 10.4 Å². The Morgan fingerprint density at radius 1 is 1.10 bits per heavy atom. The van der Waals surface area contributed by atoms with Crippen molar-refractivity contribution in [1.82, 2.24) is 0 Å². The summed E-state index contributed by atoms with van der Waals surface area (Å²) < 4.78 is 34.1. The first-order valence-electron chi connectivity index (χ1n) is 1.21. The third kappa shape index (κ3) is 1960. The van der Waals surface area contributed by atoms with Crippen molar-refractivity contribution in [3.8, 4) is 0 Å². The van der Waals surface area contributed by atoms with Crippen molar-refractivity contribution in [3.63, 3.8) is 0 Å². The molecule has 0 atom stereocenters. The zero-order valence-electron chi connectivity index (χ0n) is 4.07. The van der Waals surface area contributed by atoms with Crippen molar-refractivity contribution in [2.75, 3.05) is 0 Å². The van der Waals surface area contributed by atoms with E-state index in [0.717, 1.165) is 0 Å². The molecule has 0 saturated carbocycles. The van der Waals surface area contributed by atoms with Gasteiger partial charge >= 0.3 is 17.1 Å². The minimum atomic E-state index is -5.17. The van der Waals surface area contributed by atoms with Crippen molar-refractivity contribution in [2.45, 2.75) is 0 Å². The molecule has 0 saturated heterocycles.